The van der Waals surface area contributed by atoms with Gasteiger partial charge in [0.05, 0.1) is 11.8 Å². The quantitative estimate of drug-likeness (QED) is 0.754. The van der Waals surface area contributed by atoms with Crippen molar-refractivity contribution in [1.82, 2.24) is 9.62 Å². The topological polar surface area (TPSA) is 66.5 Å². The van der Waals surface area contributed by atoms with Crippen molar-refractivity contribution in [3.8, 4) is 0 Å². The molecular formula is C23H29FN2O3S. The highest BCUT2D eigenvalue weighted by Crippen LogP contribution is 2.24. The summed E-state index contributed by atoms with van der Waals surface area (Å²) in [6.45, 7) is 6.67. The molecule has 2 aromatic carbocycles. The number of nitrogens with zero attached hydrogens (tertiary/aromatic N) is 1. The smallest absolute Gasteiger partial charge is 0.223 e. The highest BCUT2D eigenvalue weighted by atomic mass is 32.2. The predicted octanol–water partition coefficient (Wildman–Crippen LogP) is 3.86. The first-order valence-electron chi connectivity index (χ1n) is 10.3. The highest BCUT2D eigenvalue weighted by molar-refractivity contribution is 7.88. The Kier molecular flexibility index (Phi) is 6.93. The van der Waals surface area contributed by atoms with Crippen LogP contribution in [-0.2, 0) is 20.6 Å². The van der Waals surface area contributed by atoms with E-state index in [4.69, 9.17) is 0 Å². The molecule has 0 spiro atoms. The molecule has 30 heavy (non-hydrogen) atoms. The molecule has 3 rings (SSSR count). The number of rotatable bonds is 6. The van der Waals surface area contributed by atoms with E-state index in [0.29, 0.717) is 31.5 Å². The van der Waals surface area contributed by atoms with Crippen molar-refractivity contribution in [2.24, 2.45) is 5.92 Å². The standard InChI is InChI=1S/C23H29FN2O3S/c1-16-4-5-17(2)22(14-16)18(3)25-23(27)20-10-12-26(13-11-20)30(28,29)15-19-6-8-21(24)9-7-19/h4-9,14,18,20H,10-13,15H2,1-3H3,(H,25,27)/t18-/m1/s1. The Balaban J connectivity index is 1.56. The lowest BCUT2D eigenvalue weighted by Crippen LogP contribution is -2.43. The first-order chi connectivity index (χ1) is 14.2. The van der Waals surface area contributed by atoms with E-state index in [0.717, 1.165) is 16.7 Å². The van der Waals surface area contributed by atoms with Gasteiger partial charge in [-0.3, -0.25) is 4.79 Å². The van der Waals surface area contributed by atoms with E-state index < -0.39 is 15.8 Å². The third-order valence-corrected chi connectivity index (χ3v) is 7.59. The van der Waals surface area contributed by atoms with E-state index >= 15 is 0 Å². The van der Waals surface area contributed by atoms with Gasteiger partial charge in [0.25, 0.3) is 0 Å². The molecule has 0 radical (unpaired) electrons. The lowest BCUT2D eigenvalue weighted by atomic mass is 9.95. The first kappa shape index (κ1) is 22.4. The summed E-state index contributed by atoms with van der Waals surface area (Å²) in [5.41, 5.74) is 3.94. The second-order valence-electron chi connectivity index (χ2n) is 8.15. The van der Waals surface area contributed by atoms with Gasteiger partial charge >= 0.3 is 0 Å². The molecule has 1 aliphatic rings. The van der Waals surface area contributed by atoms with Crippen LogP contribution in [0, 0.1) is 25.6 Å². The van der Waals surface area contributed by atoms with E-state index in [9.17, 15) is 17.6 Å². The van der Waals surface area contributed by atoms with Gasteiger partial charge in [-0.2, -0.15) is 0 Å². The number of sulfonamides is 1. The Morgan fingerprint density at radius 3 is 2.40 bits per heavy atom. The number of piperidine rings is 1. The number of halogens is 1. The molecule has 0 aromatic heterocycles. The largest absolute Gasteiger partial charge is 0.349 e. The fourth-order valence-electron chi connectivity index (χ4n) is 3.91. The van der Waals surface area contributed by atoms with Crippen molar-refractivity contribution in [1.29, 1.82) is 0 Å². The van der Waals surface area contributed by atoms with E-state index in [1.807, 2.05) is 20.8 Å². The first-order valence-corrected chi connectivity index (χ1v) is 11.9. The molecule has 1 aliphatic heterocycles. The summed E-state index contributed by atoms with van der Waals surface area (Å²) >= 11 is 0. The summed E-state index contributed by atoms with van der Waals surface area (Å²) in [4.78, 5) is 12.7. The molecule has 1 fully saturated rings. The Labute approximate surface area is 178 Å². The number of carbonyl (C=O) groups excluding carboxylic acids is 1. The van der Waals surface area contributed by atoms with Crippen LogP contribution in [0.5, 0.6) is 0 Å². The molecule has 5 nitrogen and oxygen atoms in total. The summed E-state index contributed by atoms with van der Waals surface area (Å²) in [5.74, 6) is -0.778. The molecule has 7 heteroatoms. The summed E-state index contributed by atoms with van der Waals surface area (Å²) in [7, 11) is -3.50. The number of aryl methyl sites for hydroxylation is 2. The van der Waals surface area contributed by atoms with Crippen LogP contribution in [0.15, 0.2) is 42.5 Å². The molecule has 1 saturated heterocycles. The average molecular weight is 433 g/mol. The minimum Gasteiger partial charge on any atom is -0.349 e. The zero-order valence-electron chi connectivity index (χ0n) is 17.7. The molecule has 1 N–H and O–H groups in total. The average Bonchev–Trinajstić information content (AvgIpc) is 2.71. The van der Waals surface area contributed by atoms with E-state index in [1.54, 1.807) is 0 Å². The minimum absolute atomic E-state index is 0.0287. The van der Waals surface area contributed by atoms with Crippen LogP contribution < -0.4 is 5.32 Å². The molecule has 0 bridgehead atoms. The van der Waals surface area contributed by atoms with E-state index in [-0.39, 0.29) is 23.6 Å². The highest BCUT2D eigenvalue weighted by Gasteiger charge is 2.31. The van der Waals surface area contributed by atoms with Crippen molar-refractivity contribution in [2.75, 3.05) is 13.1 Å². The van der Waals surface area contributed by atoms with Gasteiger partial charge in [-0.05, 0) is 62.4 Å². The second kappa shape index (κ2) is 9.27. The van der Waals surface area contributed by atoms with Crippen LogP contribution in [0.1, 0.15) is 48.1 Å². The van der Waals surface area contributed by atoms with Crippen molar-refractivity contribution in [3.63, 3.8) is 0 Å². The van der Waals surface area contributed by atoms with Crippen LogP contribution in [0.2, 0.25) is 0 Å². The van der Waals surface area contributed by atoms with Gasteiger partial charge < -0.3 is 5.32 Å². The van der Waals surface area contributed by atoms with Gasteiger partial charge in [0, 0.05) is 19.0 Å². The second-order valence-corrected chi connectivity index (χ2v) is 10.1. The van der Waals surface area contributed by atoms with Gasteiger partial charge in [-0.25, -0.2) is 17.1 Å². The number of nitrogens with one attached hydrogen (secondary N) is 1. The van der Waals surface area contributed by atoms with Crippen LogP contribution in [0.3, 0.4) is 0 Å². The Morgan fingerprint density at radius 2 is 1.77 bits per heavy atom. The van der Waals surface area contributed by atoms with Gasteiger partial charge in [0.1, 0.15) is 5.82 Å². The zero-order chi connectivity index (χ0) is 21.9. The number of hydrogen-bond donors (Lipinski definition) is 1. The maximum absolute atomic E-state index is 13.0. The van der Waals surface area contributed by atoms with Crippen molar-refractivity contribution < 1.29 is 17.6 Å². The lowest BCUT2D eigenvalue weighted by molar-refractivity contribution is -0.126. The summed E-state index contributed by atoms with van der Waals surface area (Å²) in [5, 5.41) is 3.09. The fraction of sp³-hybridized carbons (Fsp3) is 0.435. The maximum Gasteiger partial charge on any atom is 0.223 e. The molecule has 1 heterocycles. The molecule has 0 unspecified atom stereocenters. The SMILES string of the molecule is Cc1ccc(C)c([C@@H](C)NC(=O)C2CCN(S(=O)(=O)Cc3ccc(F)cc3)CC2)c1. The number of amides is 1. The molecule has 1 amide bonds. The molecule has 162 valence electrons. The fourth-order valence-corrected chi connectivity index (χ4v) is 5.48. The number of hydrogen-bond acceptors (Lipinski definition) is 3. The van der Waals surface area contributed by atoms with Crippen LogP contribution >= 0.6 is 0 Å². The number of carbonyl (C=O) groups is 1. The molecule has 0 aliphatic carbocycles. The summed E-state index contributed by atoms with van der Waals surface area (Å²) in [6, 6.07) is 11.6. The maximum atomic E-state index is 13.0. The van der Waals surface area contributed by atoms with Gasteiger partial charge in [0.2, 0.25) is 15.9 Å². The van der Waals surface area contributed by atoms with Crippen molar-refractivity contribution >= 4 is 15.9 Å². The number of benzene rings is 2. The van der Waals surface area contributed by atoms with Gasteiger partial charge in [-0.1, -0.05) is 35.9 Å². The Morgan fingerprint density at radius 1 is 1.13 bits per heavy atom. The van der Waals surface area contributed by atoms with Crippen molar-refractivity contribution in [3.05, 3.63) is 70.5 Å². The molecule has 2 aromatic rings. The monoisotopic (exact) mass is 432 g/mol. The Hall–Kier alpha value is -2.25. The molecule has 1 atom stereocenters. The van der Waals surface area contributed by atoms with E-state index in [2.05, 4.69) is 23.5 Å². The van der Waals surface area contributed by atoms with Crippen LogP contribution in [-0.4, -0.2) is 31.7 Å². The van der Waals surface area contributed by atoms with Crippen molar-refractivity contribution in [2.45, 2.75) is 45.4 Å². The molecular weight excluding hydrogens is 403 g/mol. The van der Waals surface area contributed by atoms with Gasteiger partial charge in [-0.15, -0.1) is 0 Å². The summed E-state index contributed by atoms with van der Waals surface area (Å²) < 4.78 is 39.8. The van der Waals surface area contributed by atoms with Crippen LogP contribution in [0.4, 0.5) is 4.39 Å². The van der Waals surface area contributed by atoms with E-state index in [1.165, 1.54) is 28.6 Å². The lowest BCUT2D eigenvalue weighted by Gasteiger charge is -2.31. The normalized spacial score (nSPS) is 16.9. The summed E-state index contributed by atoms with van der Waals surface area (Å²) in [6.07, 6.45) is 0.988. The third kappa shape index (κ3) is 5.46. The predicted molar refractivity (Wildman–Crippen MR) is 116 cm³/mol. The molecule has 0 saturated carbocycles. The minimum atomic E-state index is -3.50. The zero-order valence-corrected chi connectivity index (χ0v) is 18.5. The van der Waals surface area contributed by atoms with Crippen LogP contribution in [0.25, 0.3) is 0 Å². The third-order valence-electron chi connectivity index (χ3n) is 5.74. The Bertz CT molecular complexity index is 998. The van der Waals surface area contributed by atoms with Gasteiger partial charge in [0.15, 0.2) is 0 Å².